The molecule has 7 rings (SSSR count). The Labute approximate surface area is 393 Å². The van der Waals surface area contributed by atoms with E-state index in [1.165, 1.54) is 17.0 Å². The van der Waals surface area contributed by atoms with E-state index in [-0.39, 0.29) is 61.9 Å². The fourth-order valence-corrected chi connectivity index (χ4v) is 9.77. The highest BCUT2D eigenvalue weighted by molar-refractivity contribution is 5.96. The smallest absolute Gasteiger partial charge is 0.324 e. The molecule has 6 atom stereocenters. The number of esters is 1. The van der Waals surface area contributed by atoms with Gasteiger partial charge in [0.1, 0.15) is 29.9 Å². The minimum Gasteiger partial charge on any atom is -0.508 e. The van der Waals surface area contributed by atoms with Crippen molar-refractivity contribution >= 4 is 40.5 Å². The van der Waals surface area contributed by atoms with E-state index < -0.39 is 47.2 Å². The largest absolute Gasteiger partial charge is 0.508 e. The molecular weight excluding hydrogens is 853 g/mol. The fourth-order valence-electron chi connectivity index (χ4n) is 9.77. The highest BCUT2D eigenvalue weighted by Crippen LogP contribution is 2.42. The molecule has 16 heteroatoms. The summed E-state index contributed by atoms with van der Waals surface area (Å²) in [7, 11) is 3.19. The number of pyridine rings is 1. The second kappa shape index (κ2) is 20.2. The van der Waals surface area contributed by atoms with Crippen LogP contribution in [0.25, 0.3) is 33.3 Å². The van der Waals surface area contributed by atoms with Crippen molar-refractivity contribution in [2.45, 2.75) is 124 Å². The summed E-state index contributed by atoms with van der Waals surface area (Å²) in [6.45, 7) is 17.2. The second-order valence-corrected chi connectivity index (χ2v) is 19.8. The van der Waals surface area contributed by atoms with E-state index in [0.29, 0.717) is 43.5 Å². The van der Waals surface area contributed by atoms with Gasteiger partial charge in [0.25, 0.3) is 5.91 Å². The van der Waals surface area contributed by atoms with E-state index in [1.807, 2.05) is 57.7 Å². The van der Waals surface area contributed by atoms with Gasteiger partial charge in [-0.2, -0.15) is 0 Å². The van der Waals surface area contributed by atoms with E-state index in [4.69, 9.17) is 14.5 Å². The first kappa shape index (κ1) is 49.1. The number of amides is 4. The van der Waals surface area contributed by atoms with Crippen LogP contribution in [0.4, 0.5) is 0 Å². The normalized spacial score (nSPS) is 21.6. The van der Waals surface area contributed by atoms with Crippen LogP contribution in [0.5, 0.6) is 5.75 Å². The summed E-state index contributed by atoms with van der Waals surface area (Å²) in [5.74, 6) is -2.63. The summed E-state index contributed by atoms with van der Waals surface area (Å²) < 4.78 is 14.2. The number of fused-ring (bicyclic) bond motifs is 6. The molecule has 360 valence electrons. The number of hydrogen-bond donors (Lipinski definition) is 4. The van der Waals surface area contributed by atoms with Gasteiger partial charge in [0, 0.05) is 74.3 Å². The number of cyclic esters (lactones) is 1. The van der Waals surface area contributed by atoms with Crippen LogP contribution in [-0.2, 0) is 52.8 Å². The molecule has 3 aliphatic heterocycles. The molecule has 4 N–H and O–H groups in total. The standard InChI is InChI=1S/C51H68N8O8/c1-11-57-41-17-16-33-24-37(41)38(46(57)36-14-12-18-52-44(36)31(6)66-10)25-51(7,8)28-67-50(65)39-15-13-19-59(55-39)49(64)40(22-32-20-34(33)23-35(60)21-32)54-48(63)45(29(2)3)56(9)43(61)26-53-47(62)42-27-58(42)30(4)5/h12,14,16-18,20-21,23-24,29-31,39-40,42,45,55,60H,11,13,15,19,22,25-28H2,1-10H3,(H,53,62)(H,54,63)/t31-,39-,40-,42-,45-,58?/m0/s1. The first-order valence-electron chi connectivity index (χ1n) is 23.6. The lowest BCUT2D eigenvalue weighted by molar-refractivity contribution is -0.155. The number of nitrogens with one attached hydrogen (secondary N) is 3. The number of methoxy groups -OCH3 is 1. The third kappa shape index (κ3) is 10.7. The van der Waals surface area contributed by atoms with Gasteiger partial charge >= 0.3 is 5.97 Å². The maximum absolute atomic E-state index is 14.7. The van der Waals surface area contributed by atoms with Crippen molar-refractivity contribution in [3.05, 3.63) is 71.5 Å². The van der Waals surface area contributed by atoms with Crippen molar-refractivity contribution in [2.24, 2.45) is 11.3 Å². The highest BCUT2D eigenvalue weighted by atomic mass is 16.5. The molecule has 4 amide bonds. The zero-order valence-corrected chi connectivity index (χ0v) is 40.6. The molecule has 1 unspecified atom stereocenters. The predicted octanol–water partition coefficient (Wildman–Crippen LogP) is 5.14. The number of likely N-dealkylation sites (N-methyl/N-ethyl adjacent to an activating group) is 1. The zero-order chi connectivity index (χ0) is 48.5. The van der Waals surface area contributed by atoms with Gasteiger partial charge in [-0.15, -0.1) is 0 Å². The number of hydrogen-bond acceptors (Lipinski definition) is 11. The van der Waals surface area contributed by atoms with Gasteiger partial charge in [0.05, 0.1) is 30.6 Å². The summed E-state index contributed by atoms with van der Waals surface area (Å²) in [6, 6.07) is 12.3. The number of aromatic hydroxyl groups is 1. The Bertz CT molecular complexity index is 2520. The summed E-state index contributed by atoms with van der Waals surface area (Å²) >= 11 is 0. The molecular formula is C51H68N8O8. The van der Waals surface area contributed by atoms with Crippen LogP contribution in [0.1, 0.15) is 91.2 Å². The van der Waals surface area contributed by atoms with Crippen LogP contribution < -0.4 is 16.1 Å². The molecule has 2 saturated heterocycles. The van der Waals surface area contributed by atoms with Gasteiger partial charge in [0.15, 0.2) is 0 Å². The van der Waals surface area contributed by atoms with Gasteiger partial charge in [-0.1, -0.05) is 39.8 Å². The first-order valence-corrected chi connectivity index (χ1v) is 23.6. The molecule has 6 bridgehead atoms. The molecule has 4 aromatic rings. The van der Waals surface area contributed by atoms with Crippen LogP contribution in [0.3, 0.4) is 0 Å². The Morgan fingerprint density at radius 2 is 1.82 bits per heavy atom. The number of aromatic nitrogens is 2. The van der Waals surface area contributed by atoms with Gasteiger partial charge < -0.3 is 34.7 Å². The Kier molecular flexibility index (Phi) is 14.8. The number of phenolic OH excluding ortho intramolecular Hbond substituents is 1. The van der Waals surface area contributed by atoms with Gasteiger partial charge in [-0.25, -0.2) is 5.43 Å². The van der Waals surface area contributed by atoms with Gasteiger partial charge in [-0.3, -0.25) is 38.9 Å². The van der Waals surface area contributed by atoms with E-state index >= 15 is 0 Å². The van der Waals surface area contributed by atoms with Crippen molar-refractivity contribution in [1.82, 2.24) is 40.4 Å². The molecule has 0 aliphatic carbocycles. The van der Waals surface area contributed by atoms with Crippen LogP contribution in [0, 0.1) is 11.3 Å². The Morgan fingerprint density at radius 3 is 2.51 bits per heavy atom. The Hall–Kier alpha value is -5.84. The van der Waals surface area contributed by atoms with E-state index in [2.05, 4.69) is 59.6 Å². The first-order chi connectivity index (χ1) is 31.8. The lowest BCUT2D eigenvalue weighted by Crippen LogP contribution is -2.62. The summed E-state index contributed by atoms with van der Waals surface area (Å²) in [6.07, 6.45) is 2.94. The average Bonchev–Trinajstić information content (AvgIpc) is 4.06. The van der Waals surface area contributed by atoms with Crippen LogP contribution >= 0.6 is 0 Å². The number of phenols is 1. The molecule has 2 aromatic carbocycles. The van der Waals surface area contributed by atoms with Crippen molar-refractivity contribution in [3.63, 3.8) is 0 Å². The van der Waals surface area contributed by atoms with Crippen LogP contribution in [0.15, 0.2) is 54.7 Å². The Balaban J connectivity index is 1.27. The lowest BCUT2D eigenvalue weighted by Gasteiger charge is -2.36. The Morgan fingerprint density at radius 1 is 1.06 bits per heavy atom. The maximum Gasteiger partial charge on any atom is 0.324 e. The maximum atomic E-state index is 14.7. The third-order valence-electron chi connectivity index (χ3n) is 13.4. The quantitative estimate of drug-likeness (QED) is 0.109. The molecule has 0 spiro atoms. The van der Waals surface area contributed by atoms with E-state index in [1.54, 1.807) is 25.4 Å². The van der Waals surface area contributed by atoms with Crippen molar-refractivity contribution in [2.75, 3.05) is 40.4 Å². The van der Waals surface area contributed by atoms with Crippen molar-refractivity contribution in [1.29, 1.82) is 0 Å². The van der Waals surface area contributed by atoms with E-state index in [0.717, 1.165) is 39.0 Å². The van der Waals surface area contributed by atoms with Crippen molar-refractivity contribution < 1.29 is 38.6 Å². The number of ether oxygens (including phenoxy) is 2. The zero-order valence-electron chi connectivity index (χ0n) is 40.6. The number of nitrogens with zero attached hydrogens (tertiary/aromatic N) is 5. The minimum atomic E-state index is -1.18. The van der Waals surface area contributed by atoms with Crippen molar-refractivity contribution in [3.8, 4) is 28.1 Å². The van der Waals surface area contributed by atoms with Gasteiger partial charge in [0.2, 0.25) is 17.7 Å². The molecule has 67 heavy (non-hydrogen) atoms. The molecule has 0 saturated carbocycles. The average molecular weight is 921 g/mol. The second-order valence-electron chi connectivity index (χ2n) is 19.8. The van der Waals surface area contributed by atoms with E-state index in [9.17, 15) is 29.1 Å². The number of benzene rings is 2. The van der Waals surface area contributed by atoms with Crippen LogP contribution in [0.2, 0.25) is 0 Å². The number of rotatable bonds is 12. The fraction of sp³-hybridized carbons (Fsp3) is 0.529. The third-order valence-corrected chi connectivity index (χ3v) is 13.4. The number of hydrazine groups is 1. The molecule has 16 nitrogen and oxygen atoms in total. The van der Waals surface area contributed by atoms with Crippen LogP contribution in [-0.4, -0.2) is 130 Å². The summed E-state index contributed by atoms with van der Waals surface area (Å²) in [5, 5.41) is 19.4. The van der Waals surface area contributed by atoms with Gasteiger partial charge in [-0.05, 0) is 112 Å². The number of carbonyl (C=O) groups excluding carboxylic acids is 5. The minimum absolute atomic E-state index is 0.0182. The molecule has 2 aromatic heterocycles. The number of aryl methyl sites for hydroxylation is 1. The monoisotopic (exact) mass is 921 g/mol. The molecule has 5 heterocycles. The predicted molar refractivity (Wildman–Crippen MR) is 255 cm³/mol. The number of carbonyl (C=O) groups is 5. The molecule has 0 radical (unpaired) electrons. The highest BCUT2D eigenvalue weighted by Gasteiger charge is 2.42. The molecule has 2 fully saturated rings. The summed E-state index contributed by atoms with van der Waals surface area (Å²) in [5.41, 5.74) is 9.48. The lowest BCUT2D eigenvalue weighted by atomic mass is 9.84. The SMILES string of the molecule is CCn1c(-c2cccnc2[C@H](C)OC)c2c3cc(ccc31)-c1cc(O)cc(c1)C[C@H](NC(=O)[C@H](C(C)C)N(C)C(=O)CNC(=O)[C@@H]1CN1C(C)C)C(=O)N1CCC[C@H](N1)C(=O)OCC(C)(C)C2. The summed E-state index contributed by atoms with van der Waals surface area (Å²) in [4.78, 5) is 77.5. The topological polar surface area (TPSA) is 187 Å². The molecule has 3 aliphatic rings.